The first kappa shape index (κ1) is 16.8. The van der Waals surface area contributed by atoms with E-state index in [-0.39, 0.29) is 6.10 Å². The Balaban J connectivity index is 1.88. The lowest BCUT2D eigenvalue weighted by atomic mass is 10.1. The predicted octanol–water partition coefficient (Wildman–Crippen LogP) is 4.46. The molecular formula is C17H26BrNO2. The average Bonchev–Trinajstić information content (AvgIpc) is 2.51. The fourth-order valence-corrected chi connectivity index (χ4v) is 3.25. The van der Waals surface area contributed by atoms with Gasteiger partial charge >= 0.3 is 0 Å². The van der Waals surface area contributed by atoms with Crippen LogP contribution in [0.1, 0.15) is 51.1 Å². The van der Waals surface area contributed by atoms with Crippen LogP contribution in [0.5, 0.6) is 5.75 Å². The van der Waals surface area contributed by atoms with Crippen LogP contribution in [0, 0.1) is 0 Å². The van der Waals surface area contributed by atoms with E-state index in [1.165, 1.54) is 18.4 Å². The smallest absolute Gasteiger partial charge is 0.120 e. The predicted molar refractivity (Wildman–Crippen MR) is 89.9 cm³/mol. The maximum Gasteiger partial charge on any atom is 0.120 e. The minimum absolute atomic E-state index is 0.252. The summed E-state index contributed by atoms with van der Waals surface area (Å²) in [4.78, 5) is 0. The number of halogens is 1. The van der Waals surface area contributed by atoms with E-state index in [1.807, 2.05) is 6.07 Å². The summed E-state index contributed by atoms with van der Waals surface area (Å²) in [7, 11) is 0. The fraction of sp³-hybridized carbons (Fsp3) is 0.647. The van der Waals surface area contributed by atoms with Crippen LogP contribution < -0.4 is 10.1 Å². The third kappa shape index (κ3) is 5.28. The largest absolute Gasteiger partial charge is 0.491 e. The highest BCUT2D eigenvalue weighted by molar-refractivity contribution is 9.10. The molecule has 118 valence electrons. The SMILES string of the molecule is CCCNC(C)c1ccc(OCC2CCCCO2)cc1Br. The van der Waals surface area contributed by atoms with Crippen molar-refractivity contribution in [1.29, 1.82) is 0 Å². The molecule has 1 aromatic carbocycles. The highest BCUT2D eigenvalue weighted by Gasteiger charge is 2.15. The molecule has 0 aliphatic carbocycles. The molecule has 1 saturated heterocycles. The molecule has 2 atom stereocenters. The molecule has 0 saturated carbocycles. The van der Waals surface area contributed by atoms with Crippen molar-refractivity contribution in [1.82, 2.24) is 5.32 Å². The Kier molecular flexibility index (Phi) is 7.00. The summed E-state index contributed by atoms with van der Waals surface area (Å²) in [6, 6.07) is 6.58. The van der Waals surface area contributed by atoms with Gasteiger partial charge in [-0.05, 0) is 56.8 Å². The van der Waals surface area contributed by atoms with Crippen LogP contribution in [-0.4, -0.2) is 25.9 Å². The summed E-state index contributed by atoms with van der Waals surface area (Å²) in [6.07, 6.45) is 4.93. The minimum atomic E-state index is 0.252. The Morgan fingerprint density at radius 1 is 1.43 bits per heavy atom. The molecule has 1 aliphatic heterocycles. The van der Waals surface area contributed by atoms with E-state index in [1.54, 1.807) is 0 Å². The normalized spacial score (nSPS) is 20.2. The quantitative estimate of drug-likeness (QED) is 0.783. The van der Waals surface area contributed by atoms with Gasteiger partial charge in [0.05, 0.1) is 6.10 Å². The molecule has 0 radical (unpaired) electrons. The zero-order chi connectivity index (χ0) is 15.1. The van der Waals surface area contributed by atoms with Gasteiger partial charge in [0, 0.05) is 17.1 Å². The number of nitrogens with one attached hydrogen (secondary N) is 1. The van der Waals surface area contributed by atoms with Crippen molar-refractivity contribution in [2.45, 2.75) is 51.7 Å². The first-order valence-corrected chi connectivity index (χ1v) is 8.77. The van der Waals surface area contributed by atoms with Crippen molar-refractivity contribution in [2.75, 3.05) is 19.8 Å². The van der Waals surface area contributed by atoms with E-state index in [4.69, 9.17) is 9.47 Å². The molecule has 0 amide bonds. The van der Waals surface area contributed by atoms with Gasteiger partial charge in [0.15, 0.2) is 0 Å². The van der Waals surface area contributed by atoms with Gasteiger partial charge < -0.3 is 14.8 Å². The lowest BCUT2D eigenvalue weighted by Gasteiger charge is -2.23. The second-order valence-electron chi connectivity index (χ2n) is 5.66. The van der Waals surface area contributed by atoms with Gasteiger partial charge in [0.1, 0.15) is 12.4 Å². The van der Waals surface area contributed by atoms with E-state index in [0.717, 1.165) is 36.2 Å². The summed E-state index contributed by atoms with van der Waals surface area (Å²) in [6.45, 7) is 6.92. The Morgan fingerprint density at radius 3 is 2.95 bits per heavy atom. The zero-order valence-electron chi connectivity index (χ0n) is 13.0. The van der Waals surface area contributed by atoms with Crippen LogP contribution in [0.4, 0.5) is 0 Å². The maximum absolute atomic E-state index is 5.87. The Labute approximate surface area is 136 Å². The number of ether oxygens (including phenoxy) is 2. The highest BCUT2D eigenvalue weighted by atomic mass is 79.9. The van der Waals surface area contributed by atoms with Crippen molar-refractivity contribution in [3.05, 3.63) is 28.2 Å². The summed E-state index contributed by atoms with van der Waals surface area (Å²) in [5.74, 6) is 0.905. The second kappa shape index (κ2) is 8.76. The molecule has 0 aromatic heterocycles. The summed E-state index contributed by atoms with van der Waals surface area (Å²) in [5.41, 5.74) is 1.27. The molecule has 4 heteroatoms. The number of rotatable bonds is 7. The number of hydrogen-bond acceptors (Lipinski definition) is 3. The highest BCUT2D eigenvalue weighted by Crippen LogP contribution is 2.28. The third-order valence-corrected chi connectivity index (χ3v) is 4.54. The lowest BCUT2D eigenvalue weighted by Crippen LogP contribution is -2.25. The van der Waals surface area contributed by atoms with E-state index in [0.29, 0.717) is 12.6 Å². The van der Waals surface area contributed by atoms with Crippen molar-refractivity contribution in [3.8, 4) is 5.75 Å². The van der Waals surface area contributed by atoms with Gasteiger partial charge in [0.25, 0.3) is 0 Å². The Bertz CT molecular complexity index is 433. The molecule has 2 unspecified atom stereocenters. The summed E-state index contributed by atoms with van der Waals surface area (Å²) in [5, 5.41) is 3.50. The summed E-state index contributed by atoms with van der Waals surface area (Å²) >= 11 is 3.65. The number of benzene rings is 1. The first-order chi connectivity index (χ1) is 10.2. The zero-order valence-corrected chi connectivity index (χ0v) is 14.6. The van der Waals surface area contributed by atoms with Gasteiger partial charge in [-0.25, -0.2) is 0 Å². The maximum atomic E-state index is 5.87. The van der Waals surface area contributed by atoms with Crippen LogP contribution in [0.2, 0.25) is 0 Å². The van der Waals surface area contributed by atoms with Crippen molar-refractivity contribution in [3.63, 3.8) is 0 Å². The average molecular weight is 356 g/mol. The van der Waals surface area contributed by atoms with E-state index >= 15 is 0 Å². The Morgan fingerprint density at radius 2 is 2.29 bits per heavy atom. The fourth-order valence-electron chi connectivity index (χ4n) is 2.55. The molecule has 1 fully saturated rings. The molecule has 1 N–H and O–H groups in total. The van der Waals surface area contributed by atoms with Crippen molar-refractivity contribution in [2.24, 2.45) is 0 Å². The molecule has 1 heterocycles. The van der Waals surface area contributed by atoms with Crippen molar-refractivity contribution < 1.29 is 9.47 Å². The molecule has 3 nitrogen and oxygen atoms in total. The molecule has 0 bridgehead atoms. The van der Waals surface area contributed by atoms with Crippen LogP contribution in [0.25, 0.3) is 0 Å². The molecule has 1 aromatic rings. The summed E-state index contributed by atoms with van der Waals surface area (Å²) < 4.78 is 12.7. The third-order valence-electron chi connectivity index (χ3n) is 3.85. The Hall–Kier alpha value is -0.580. The van der Waals surface area contributed by atoms with E-state index < -0.39 is 0 Å². The van der Waals surface area contributed by atoms with Gasteiger partial charge in [-0.15, -0.1) is 0 Å². The molecule has 21 heavy (non-hydrogen) atoms. The molecule has 0 spiro atoms. The topological polar surface area (TPSA) is 30.5 Å². The monoisotopic (exact) mass is 355 g/mol. The van der Waals surface area contributed by atoms with Gasteiger partial charge in [0.2, 0.25) is 0 Å². The van der Waals surface area contributed by atoms with Crippen molar-refractivity contribution >= 4 is 15.9 Å². The van der Waals surface area contributed by atoms with Crippen LogP contribution in [0.15, 0.2) is 22.7 Å². The van der Waals surface area contributed by atoms with Gasteiger partial charge in [-0.1, -0.05) is 28.9 Å². The first-order valence-electron chi connectivity index (χ1n) is 7.98. The second-order valence-corrected chi connectivity index (χ2v) is 6.51. The molecule has 2 rings (SSSR count). The van der Waals surface area contributed by atoms with Crippen LogP contribution in [-0.2, 0) is 4.74 Å². The standard InChI is InChI=1S/C17H26BrNO2/c1-3-9-19-13(2)16-8-7-14(11-17(16)18)21-12-15-6-4-5-10-20-15/h7-8,11,13,15,19H,3-6,9-10,12H2,1-2H3. The van der Waals surface area contributed by atoms with Crippen LogP contribution in [0.3, 0.4) is 0 Å². The lowest BCUT2D eigenvalue weighted by molar-refractivity contribution is -0.0110. The van der Waals surface area contributed by atoms with Gasteiger partial charge in [-0.2, -0.15) is 0 Å². The molecule has 1 aliphatic rings. The van der Waals surface area contributed by atoms with E-state index in [2.05, 4.69) is 47.2 Å². The molecular weight excluding hydrogens is 330 g/mol. The van der Waals surface area contributed by atoms with E-state index in [9.17, 15) is 0 Å². The minimum Gasteiger partial charge on any atom is -0.491 e. The van der Waals surface area contributed by atoms with Crippen LogP contribution >= 0.6 is 15.9 Å². The van der Waals surface area contributed by atoms with Gasteiger partial charge in [-0.3, -0.25) is 0 Å². The number of hydrogen-bond donors (Lipinski definition) is 1.